The fourth-order valence-corrected chi connectivity index (χ4v) is 2.32. The van der Waals surface area contributed by atoms with Crippen molar-refractivity contribution < 1.29 is 10.2 Å². The van der Waals surface area contributed by atoms with Crippen LogP contribution in [-0.2, 0) is 0 Å². The van der Waals surface area contributed by atoms with Crippen LogP contribution in [-0.4, -0.2) is 29.5 Å². The van der Waals surface area contributed by atoms with Gasteiger partial charge in [-0.25, -0.2) is 0 Å². The second kappa shape index (κ2) is 5.70. The number of nitrogens with one attached hydrogen (secondary N) is 1. The van der Waals surface area contributed by atoms with Crippen LogP contribution < -0.4 is 5.32 Å². The quantitative estimate of drug-likeness (QED) is 0.798. The van der Waals surface area contributed by atoms with Gasteiger partial charge in [0.15, 0.2) is 0 Å². The molecule has 0 aromatic heterocycles. The van der Waals surface area contributed by atoms with Gasteiger partial charge < -0.3 is 15.5 Å². The lowest BCUT2D eigenvalue weighted by Crippen LogP contribution is -2.23. The van der Waals surface area contributed by atoms with Crippen molar-refractivity contribution >= 4 is 33.2 Å². The van der Waals surface area contributed by atoms with E-state index in [1.54, 1.807) is 0 Å². The highest BCUT2D eigenvalue weighted by molar-refractivity contribution is 9.10. The molecular weight excluding hydrogens is 281 g/mol. The molecule has 84 valence electrons. The maximum absolute atomic E-state index is 9.18. The van der Waals surface area contributed by atoms with Crippen molar-refractivity contribution in [2.45, 2.75) is 13.0 Å². The van der Waals surface area contributed by atoms with Crippen LogP contribution in [0.2, 0.25) is 5.02 Å². The largest absolute Gasteiger partial charge is 0.394 e. The van der Waals surface area contributed by atoms with E-state index in [1.807, 2.05) is 19.1 Å². The molecule has 0 aliphatic rings. The lowest BCUT2D eigenvalue weighted by atomic mass is 10.2. The number of benzene rings is 1. The summed E-state index contributed by atoms with van der Waals surface area (Å²) in [4.78, 5) is 0. The van der Waals surface area contributed by atoms with Crippen molar-refractivity contribution in [2.75, 3.05) is 18.5 Å². The van der Waals surface area contributed by atoms with E-state index >= 15 is 0 Å². The summed E-state index contributed by atoms with van der Waals surface area (Å²) in [7, 11) is 0. The van der Waals surface area contributed by atoms with Gasteiger partial charge in [0.05, 0.1) is 23.4 Å². The highest BCUT2D eigenvalue weighted by Crippen LogP contribution is 2.31. The molecule has 1 atom stereocenters. The molecule has 0 aliphatic carbocycles. The van der Waals surface area contributed by atoms with Crippen LogP contribution in [0.1, 0.15) is 5.56 Å². The SMILES string of the molecule is Cc1cc(Cl)c(NCC(O)CO)c(Br)c1. The Morgan fingerprint density at radius 2 is 2.20 bits per heavy atom. The molecule has 1 aromatic carbocycles. The van der Waals surface area contributed by atoms with Gasteiger partial charge in [-0.3, -0.25) is 0 Å². The number of halogens is 2. The van der Waals surface area contributed by atoms with Gasteiger partial charge in [0.1, 0.15) is 0 Å². The third-order valence-electron chi connectivity index (χ3n) is 1.91. The van der Waals surface area contributed by atoms with E-state index in [4.69, 9.17) is 16.7 Å². The Hall–Kier alpha value is -0.290. The molecule has 5 heteroatoms. The van der Waals surface area contributed by atoms with Crippen LogP contribution in [0.25, 0.3) is 0 Å². The first-order chi connectivity index (χ1) is 7.04. The van der Waals surface area contributed by atoms with E-state index in [9.17, 15) is 5.11 Å². The number of hydrogen-bond donors (Lipinski definition) is 3. The van der Waals surface area contributed by atoms with Gasteiger partial charge >= 0.3 is 0 Å². The first-order valence-corrected chi connectivity index (χ1v) is 5.70. The average molecular weight is 295 g/mol. The molecule has 1 unspecified atom stereocenters. The molecule has 1 rings (SSSR count). The average Bonchev–Trinajstić information content (AvgIpc) is 2.15. The summed E-state index contributed by atoms with van der Waals surface area (Å²) in [5.74, 6) is 0. The maximum atomic E-state index is 9.18. The lowest BCUT2D eigenvalue weighted by molar-refractivity contribution is 0.105. The Bertz CT molecular complexity index is 323. The standard InChI is InChI=1S/C10H13BrClNO2/c1-6-2-8(11)10(9(12)3-6)13-4-7(15)5-14/h2-3,7,13-15H,4-5H2,1H3. The van der Waals surface area contributed by atoms with E-state index in [1.165, 1.54) is 0 Å². The van der Waals surface area contributed by atoms with E-state index in [0.29, 0.717) is 5.02 Å². The minimum atomic E-state index is -0.783. The zero-order valence-corrected chi connectivity index (χ0v) is 10.6. The maximum Gasteiger partial charge on any atom is 0.0942 e. The number of rotatable bonds is 4. The predicted octanol–water partition coefficient (Wildman–Crippen LogP) is 2.18. The van der Waals surface area contributed by atoms with Crippen LogP contribution in [0.15, 0.2) is 16.6 Å². The van der Waals surface area contributed by atoms with Crippen LogP contribution in [0.3, 0.4) is 0 Å². The first kappa shape index (κ1) is 12.8. The Morgan fingerprint density at radius 3 is 2.73 bits per heavy atom. The summed E-state index contributed by atoms with van der Waals surface area (Å²) >= 11 is 9.40. The van der Waals surface area contributed by atoms with Crippen molar-refractivity contribution in [3.8, 4) is 0 Å². The van der Waals surface area contributed by atoms with Gasteiger partial charge in [0, 0.05) is 11.0 Å². The second-order valence-corrected chi connectivity index (χ2v) is 4.58. The Morgan fingerprint density at radius 1 is 1.53 bits per heavy atom. The highest BCUT2D eigenvalue weighted by Gasteiger charge is 2.08. The minimum Gasteiger partial charge on any atom is -0.394 e. The molecule has 0 radical (unpaired) electrons. The molecule has 0 amide bonds. The molecule has 0 bridgehead atoms. The molecule has 0 saturated carbocycles. The molecule has 15 heavy (non-hydrogen) atoms. The van der Waals surface area contributed by atoms with E-state index in [0.717, 1.165) is 15.7 Å². The zero-order valence-electron chi connectivity index (χ0n) is 8.30. The van der Waals surface area contributed by atoms with Crippen molar-refractivity contribution in [3.05, 3.63) is 27.2 Å². The van der Waals surface area contributed by atoms with Gasteiger partial charge in [0.2, 0.25) is 0 Å². The topological polar surface area (TPSA) is 52.5 Å². The smallest absolute Gasteiger partial charge is 0.0942 e. The van der Waals surface area contributed by atoms with Crippen LogP contribution >= 0.6 is 27.5 Å². The Kier molecular flexibility index (Phi) is 4.86. The number of anilines is 1. The molecule has 0 heterocycles. The van der Waals surface area contributed by atoms with Gasteiger partial charge in [-0.1, -0.05) is 11.6 Å². The van der Waals surface area contributed by atoms with E-state index < -0.39 is 6.10 Å². The normalized spacial score (nSPS) is 12.6. The summed E-state index contributed by atoms with van der Waals surface area (Å²) in [6, 6.07) is 3.76. The molecular formula is C10H13BrClNO2. The van der Waals surface area contributed by atoms with Gasteiger partial charge in [-0.15, -0.1) is 0 Å². The first-order valence-electron chi connectivity index (χ1n) is 4.53. The monoisotopic (exact) mass is 293 g/mol. The summed E-state index contributed by atoms with van der Waals surface area (Å²) in [6.07, 6.45) is -0.783. The molecule has 3 nitrogen and oxygen atoms in total. The molecule has 3 N–H and O–H groups in total. The second-order valence-electron chi connectivity index (χ2n) is 3.32. The fourth-order valence-electron chi connectivity index (χ4n) is 1.15. The summed E-state index contributed by atoms with van der Waals surface area (Å²) in [5.41, 5.74) is 1.79. The lowest BCUT2D eigenvalue weighted by Gasteiger charge is -2.13. The molecule has 0 spiro atoms. The highest BCUT2D eigenvalue weighted by atomic mass is 79.9. The Labute approximate surface area is 102 Å². The van der Waals surface area contributed by atoms with Gasteiger partial charge in [-0.05, 0) is 40.5 Å². The molecule has 0 saturated heterocycles. The molecule has 1 aromatic rings. The summed E-state index contributed by atoms with van der Waals surface area (Å²) in [6.45, 7) is 1.94. The predicted molar refractivity (Wildman–Crippen MR) is 65.5 cm³/mol. The number of hydrogen-bond acceptors (Lipinski definition) is 3. The van der Waals surface area contributed by atoms with Crippen molar-refractivity contribution in [2.24, 2.45) is 0 Å². The summed E-state index contributed by atoms with van der Waals surface area (Å²) < 4.78 is 0.845. The summed E-state index contributed by atoms with van der Waals surface area (Å²) in [5, 5.41) is 21.4. The number of aryl methyl sites for hydroxylation is 1. The fraction of sp³-hybridized carbons (Fsp3) is 0.400. The third kappa shape index (κ3) is 3.65. The van der Waals surface area contributed by atoms with Gasteiger partial charge in [-0.2, -0.15) is 0 Å². The van der Waals surface area contributed by atoms with Crippen LogP contribution in [0, 0.1) is 6.92 Å². The minimum absolute atomic E-state index is 0.262. The molecule has 0 fully saturated rings. The number of aliphatic hydroxyl groups is 2. The Balaban J connectivity index is 2.77. The van der Waals surface area contributed by atoms with E-state index in [-0.39, 0.29) is 13.2 Å². The van der Waals surface area contributed by atoms with E-state index in [2.05, 4.69) is 21.2 Å². The number of aliphatic hydroxyl groups excluding tert-OH is 2. The zero-order chi connectivity index (χ0) is 11.4. The van der Waals surface area contributed by atoms with Crippen molar-refractivity contribution in [3.63, 3.8) is 0 Å². The van der Waals surface area contributed by atoms with Crippen LogP contribution in [0.4, 0.5) is 5.69 Å². The molecule has 0 aliphatic heterocycles. The van der Waals surface area contributed by atoms with Gasteiger partial charge in [0.25, 0.3) is 0 Å². The van der Waals surface area contributed by atoms with Crippen LogP contribution in [0.5, 0.6) is 0 Å². The third-order valence-corrected chi connectivity index (χ3v) is 2.84. The van der Waals surface area contributed by atoms with Crippen molar-refractivity contribution in [1.82, 2.24) is 0 Å². The van der Waals surface area contributed by atoms with Crippen molar-refractivity contribution in [1.29, 1.82) is 0 Å².